The van der Waals surface area contributed by atoms with Gasteiger partial charge in [-0.05, 0) is 0 Å². The molecule has 1 saturated heterocycles. The van der Waals surface area contributed by atoms with E-state index < -0.39 is 24.1 Å². The molecule has 2 N–H and O–H groups in total. The molecule has 0 amide bonds. The number of rotatable bonds is 2. The van der Waals surface area contributed by atoms with Crippen molar-refractivity contribution in [2.45, 2.75) is 37.9 Å². The van der Waals surface area contributed by atoms with Crippen LogP contribution in [0.4, 0.5) is 0 Å². The van der Waals surface area contributed by atoms with Gasteiger partial charge in [0, 0.05) is 0 Å². The van der Waals surface area contributed by atoms with Crippen molar-refractivity contribution in [3.05, 3.63) is 0 Å². The molecular formula is C9H13KO5. The molecule has 1 heterocycles. The van der Waals surface area contributed by atoms with Gasteiger partial charge in [-0.1, -0.05) is 0 Å². The van der Waals surface area contributed by atoms with Gasteiger partial charge in [0.15, 0.2) is 12.2 Å². The van der Waals surface area contributed by atoms with E-state index in [1.165, 1.54) is 12.9 Å². The number of carboxylic acid groups (broad SMARTS) is 2. The SMILES string of the molecule is O=C(O)C1OC1C(=O)O.[K][CH]1CCCC1. The molecule has 5 nitrogen and oxygen atoms in total. The molecule has 80 valence electrons. The van der Waals surface area contributed by atoms with Gasteiger partial charge in [0.2, 0.25) is 0 Å². The summed E-state index contributed by atoms with van der Waals surface area (Å²) >= 11 is 1.14. The van der Waals surface area contributed by atoms with Gasteiger partial charge >= 0.3 is 86.6 Å². The molecule has 1 aliphatic carbocycles. The van der Waals surface area contributed by atoms with Crippen molar-refractivity contribution in [1.29, 1.82) is 0 Å². The summed E-state index contributed by atoms with van der Waals surface area (Å²) in [6.07, 6.45) is 3.96. The molecule has 1 saturated carbocycles. The monoisotopic (exact) mass is 240 g/mol. The third kappa shape index (κ3) is 4.93. The first kappa shape index (κ1) is 13.6. The van der Waals surface area contributed by atoms with E-state index in [0.29, 0.717) is 0 Å². The van der Waals surface area contributed by atoms with E-state index in [1.807, 2.05) is 0 Å². The van der Waals surface area contributed by atoms with Gasteiger partial charge in [-0.25, -0.2) is 9.59 Å². The van der Waals surface area contributed by atoms with E-state index in [9.17, 15) is 9.59 Å². The molecule has 0 aromatic rings. The molecule has 0 aromatic carbocycles. The summed E-state index contributed by atoms with van der Waals surface area (Å²) in [5, 5.41) is 16.2. The van der Waals surface area contributed by atoms with Gasteiger partial charge in [-0.15, -0.1) is 0 Å². The Labute approximate surface area is 122 Å². The zero-order valence-electron chi connectivity index (χ0n) is 8.68. The second kappa shape index (κ2) is 6.32. The molecule has 2 unspecified atom stereocenters. The molecule has 0 bridgehead atoms. The standard InChI is InChI=1S/C5H9.C4H4O5.K/c1-2-4-5-3-1;5-3(6)1-2(9-1)4(7)8;/h1H,2-5H2;1-2H,(H,5,6)(H,7,8);. The first-order chi connectivity index (χ1) is 7.02. The molecule has 15 heavy (non-hydrogen) atoms. The fourth-order valence-corrected chi connectivity index (χ4v) is 2.89. The van der Waals surface area contributed by atoms with Crippen LogP contribution in [-0.4, -0.2) is 83.3 Å². The van der Waals surface area contributed by atoms with Crippen LogP contribution in [0, 0.1) is 0 Å². The van der Waals surface area contributed by atoms with Crippen LogP contribution in [0.25, 0.3) is 0 Å². The fraction of sp³-hybridized carbons (Fsp3) is 0.778. The van der Waals surface area contributed by atoms with Gasteiger partial charge in [0.1, 0.15) is 0 Å². The van der Waals surface area contributed by atoms with Crippen LogP contribution in [0.2, 0.25) is 0.0125 Å². The molecule has 1 aliphatic heterocycles. The number of aliphatic carboxylic acids is 2. The Bertz CT molecular complexity index is 231. The van der Waals surface area contributed by atoms with Crippen molar-refractivity contribution in [2.75, 3.05) is 0 Å². The first-order valence-electron chi connectivity index (χ1n) is 5.13. The van der Waals surface area contributed by atoms with Gasteiger partial charge in [0.05, 0.1) is 0 Å². The van der Waals surface area contributed by atoms with E-state index >= 15 is 0 Å². The van der Waals surface area contributed by atoms with E-state index in [-0.39, 0.29) is 0 Å². The van der Waals surface area contributed by atoms with Crippen LogP contribution >= 0.6 is 0 Å². The Morgan fingerprint density at radius 3 is 1.60 bits per heavy atom. The van der Waals surface area contributed by atoms with E-state index in [1.54, 1.807) is 12.8 Å². The fourth-order valence-electron chi connectivity index (χ4n) is 1.62. The number of carboxylic acids is 2. The Morgan fingerprint density at radius 1 is 1.07 bits per heavy atom. The summed E-state index contributed by atoms with van der Waals surface area (Å²) in [4.78, 5) is 19.8. The van der Waals surface area contributed by atoms with Gasteiger partial charge in [-0.3, -0.25) is 0 Å². The Kier molecular flexibility index (Phi) is 5.73. The average Bonchev–Trinajstić information content (AvgIpc) is 2.84. The normalized spacial score (nSPS) is 29.2. The minimum atomic E-state index is -1.22. The summed E-state index contributed by atoms with van der Waals surface area (Å²) in [6.45, 7) is 0. The predicted molar refractivity (Wildman–Crippen MR) is 51.9 cm³/mol. The number of epoxide rings is 1. The quantitative estimate of drug-likeness (QED) is 0.540. The van der Waals surface area contributed by atoms with Gasteiger partial charge in [-0.2, -0.15) is 0 Å². The average molecular weight is 240 g/mol. The van der Waals surface area contributed by atoms with Crippen LogP contribution in [0.1, 0.15) is 25.7 Å². The summed E-state index contributed by atoms with van der Waals surface area (Å²) < 4.78 is 5.47. The summed E-state index contributed by atoms with van der Waals surface area (Å²) in [5.74, 6) is -2.44. The number of ether oxygens (including phenoxy) is 1. The zero-order chi connectivity index (χ0) is 11.4. The number of hydrogen-bond acceptors (Lipinski definition) is 3. The molecule has 0 spiro atoms. The van der Waals surface area contributed by atoms with Crippen LogP contribution in [0.15, 0.2) is 0 Å². The Morgan fingerprint density at radius 2 is 1.47 bits per heavy atom. The van der Waals surface area contributed by atoms with E-state index in [0.717, 1.165) is 49.0 Å². The van der Waals surface area contributed by atoms with Crippen molar-refractivity contribution >= 4 is 60.9 Å². The summed E-state index contributed by atoms with van der Waals surface area (Å²) in [7, 11) is 0. The van der Waals surface area contributed by atoms with Crippen LogP contribution < -0.4 is 0 Å². The second-order valence-electron chi connectivity index (χ2n) is 4.04. The maximum atomic E-state index is 9.89. The zero-order valence-corrected chi connectivity index (χ0v) is 11.8. The first-order valence-corrected chi connectivity index (χ1v) is 6.93. The van der Waals surface area contributed by atoms with Crippen LogP contribution in [-0.2, 0) is 14.3 Å². The second-order valence-corrected chi connectivity index (χ2v) is 6.59. The number of carbonyl (C=O) groups is 2. The van der Waals surface area contributed by atoms with Crippen LogP contribution in [0.5, 0.6) is 0 Å². The van der Waals surface area contributed by atoms with E-state index in [4.69, 9.17) is 10.2 Å². The molecule has 0 radical (unpaired) electrons. The molecule has 0 aromatic heterocycles. The third-order valence-corrected chi connectivity index (χ3v) is 4.43. The molecule has 2 rings (SSSR count). The van der Waals surface area contributed by atoms with E-state index in [2.05, 4.69) is 4.74 Å². The Balaban J connectivity index is 0.000000162. The van der Waals surface area contributed by atoms with Crippen molar-refractivity contribution in [2.24, 2.45) is 0 Å². The molecule has 2 fully saturated rings. The Hall–Kier alpha value is 0.536. The molecule has 2 aliphatic rings. The van der Waals surface area contributed by atoms with Crippen molar-refractivity contribution < 1.29 is 24.5 Å². The number of hydrogen-bond donors (Lipinski definition) is 2. The van der Waals surface area contributed by atoms with Gasteiger partial charge < -0.3 is 14.9 Å². The topological polar surface area (TPSA) is 87.1 Å². The minimum absolute atomic E-state index is 1.12. The molecule has 6 heteroatoms. The predicted octanol–water partition coefficient (Wildman–Crippen LogP) is 0.440. The maximum absolute atomic E-state index is 9.89. The molecule has 2 atom stereocenters. The summed E-state index contributed by atoms with van der Waals surface area (Å²) in [6, 6.07) is 0. The third-order valence-electron chi connectivity index (χ3n) is 2.62. The van der Waals surface area contributed by atoms with Crippen molar-refractivity contribution in [3.63, 3.8) is 0 Å². The summed E-state index contributed by atoms with van der Waals surface area (Å²) in [5.41, 5.74) is 0. The molecular weight excluding hydrogens is 227 g/mol. The van der Waals surface area contributed by atoms with Crippen molar-refractivity contribution in [1.82, 2.24) is 0 Å². The van der Waals surface area contributed by atoms with Crippen molar-refractivity contribution in [3.8, 4) is 0 Å². The van der Waals surface area contributed by atoms with Crippen LogP contribution in [0.3, 0.4) is 0 Å². The van der Waals surface area contributed by atoms with Gasteiger partial charge in [0.25, 0.3) is 0 Å².